The third kappa shape index (κ3) is 0.992. The van der Waals surface area contributed by atoms with Crippen molar-refractivity contribution in [3.8, 4) is 0 Å². The Morgan fingerprint density at radius 2 is 1.36 bits per heavy atom. The molecule has 1 aliphatic carbocycles. The van der Waals surface area contributed by atoms with Gasteiger partial charge < -0.3 is 0 Å². The monoisotopic (exact) mass is 322 g/mol. The van der Waals surface area contributed by atoms with Crippen LogP contribution in [0.5, 0.6) is 0 Å². The van der Waals surface area contributed by atoms with Crippen molar-refractivity contribution in [3.63, 3.8) is 0 Å². The zero-order valence-corrected chi connectivity index (χ0v) is 11.1. The van der Waals surface area contributed by atoms with Crippen molar-refractivity contribution < 1.29 is 0 Å². The molecule has 0 atom stereocenters. The molecule has 66 valence electrons. The summed E-state index contributed by atoms with van der Waals surface area (Å²) in [4.78, 5) is 0. The van der Waals surface area contributed by atoms with E-state index in [-0.39, 0.29) is 14.1 Å². The quantitative estimate of drug-likeness (QED) is 0.674. The van der Waals surface area contributed by atoms with Crippen LogP contribution in [-0.2, 0) is 0 Å². The standard InChI is InChI=1S/C7H10Br2Cl2/c1-5(2)6(3-10,4-11)7(5,8)9/h3-4H2,1-2H3. The third-order valence-electron chi connectivity index (χ3n) is 2.98. The van der Waals surface area contributed by atoms with Gasteiger partial charge in [0.1, 0.15) is 0 Å². The Bertz CT molecular complexity index is 157. The van der Waals surface area contributed by atoms with Crippen LogP contribution in [0.25, 0.3) is 0 Å². The van der Waals surface area contributed by atoms with Crippen molar-refractivity contribution in [1.82, 2.24) is 0 Å². The van der Waals surface area contributed by atoms with E-state index < -0.39 is 0 Å². The molecule has 0 aliphatic heterocycles. The lowest BCUT2D eigenvalue weighted by Gasteiger charge is -2.11. The molecule has 0 amide bonds. The first kappa shape index (κ1) is 10.6. The largest absolute Gasteiger partial charge is 0.126 e. The molecule has 0 N–H and O–H groups in total. The second-order valence-electron chi connectivity index (χ2n) is 3.55. The first-order valence-corrected chi connectivity index (χ1v) is 6.02. The lowest BCUT2D eigenvalue weighted by Crippen LogP contribution is -2.14. The van der Waals surface area contributed by atoms with Gasteiger partial charge in [-0.05, 0) is 0 Å². The lowest BCUT2D eigenvalue weighted by molar-refractivity contribution is 0.467. The molecular weight excluding hydrogens is 315 g/mol. The molecule has 0 spiro atoms. The van der Waals surface area contributed by atoms with Crippen LogP contribution in [0.3, 0.4) is 0 Å². The summed E-state index contributed by atoms with van der Waals surface area (Å²) in [5.74, 6) is 1.17. The molecule has 1 rings (SSSR count). The first-order chi connectivity index (χ1) is 4.87. The van der Waals surface area contributed by atoms with Gasteiger partial charge in [-0.25, -0.2) is 0 Å². The molecule has 0 heterocycles. The van der Waals surface area contributed by atoms with Crippen LogP contribution < -0.4 is 0 Å². The summed E-state index contributed by atoms with van der Waals surface area (Å²) in [5, 5.41) is 0. The van der Waals surface area contributed by atoms with Gasteiger partial charge >= 0.3 is 0 Å². The predicted octanol–water partition coefficient (Wildman–Crippen LogP) is 3.98. The van der Waals surface area contributed by atoms with Gasteiger partial charge in [0.25, 0.3) is 0 Å². The van der Waals surface area contributed by atoms with Gasteiger partial charge in [0, 0.05) is 22.6 Å². The van der Waals surface area contributed by atoms with E-state index in [0.29, 0.717) is 11.8 Å². The topological polar surface area (TPSA) is 0 Å². The molecule has 0 aromatic heterocycles. The van der Waals surface area contributed by atoms with E-state index in [1.54, 1.807) is 0 Å². The Kier molecular flexibility index (Phi) is 2.67. The normalized spacial score (nSPS) is 30.0. The SMILES string of the molecule is CC1(C)C(Br)(Br)C1(CCl)CCl. The predicted molar refractivity (Wildman–Crippen MR) is 58.2 cm³/mol. The van der Waals surface area contributed by atoms with Crippen molar-refractivity contribution in [3.05, 3.63) is 0 Å². The van der Waals surface area contributed by atoms with Crippen LogP contribution in [0.15, 0.2) is 0 Å². The fourth-order valence-corrected chi connectivity index (χ4v) is 5.59. The highest BCUT2D eigenvalue weighted by molar-refractivity contribution is 9.25. The number of alkyl halides is 4. The highest BCUT2D eigenvalue weighted by Crippen LogP contribution is 2.80. The number of hydrogen-bond donors (Lipinski definition) is 0. The second kappa shape index (κ2) is 2.76. The third-order valence-corrected chi connectivity index (χ3v) is 7.39. The molecular formula is C7H10Br2Cl2. The van der Waals surface area contributed by atoms with Crippen molar-refractivity contribution in [2.45, 2.75) is 17.1 Å². The zero-order valence-electron chi connectivity index (χ0n) is 6.43. The average Bonchev–Trinajstić information content (AvgIpc) is 2.22. The van der Waals surface area contributed by atoms with Crippen LogP contribution >= 0.6 is 55.1 Å². The van der Waals surface area contributed by atoms with E-state index in [1.807, 2.05) is 0 Å². The van der Waals surface area contributed by atoms with Crippen molar-refractivity contribution in [2.24, 2.45) is 10.8 Å². The summed E-state index contributed by atoms with van der Waals surface area (Å²) in [7, 11) is 0. The van der Waals surface area contributed by atoms with E-state index in [9.17, 15) is 0 Å². The average molecular weight is 325 g/mol. The second-order valence-corrected chi connectivity index (χ2v) is 7.53. The van der Waals surface area contributed by atoms with E-state index >= 15 is 0 Å². The van der Waals surface area contributed by atoms with Gasteiger partial charge in [0.2, 0.25) is 0 Å². The molecule has 0 aromatic rings. The first-order valence-electron chi connectivity index (χ1n) is 3.37. The highest BCUT2D eigenvalue weighted by atomic mass is 79.9. The molecule has 1 saturated carbocycles. The van der Waals surface area contributed by atoms with Gasteiger partial charge in [0.05, 0.1) is 3.23 Å². The van der Waals surface area contributed by atoms with E-state index in [4.69, 9.17) is 23.2 Å². The van der Waals surface area contributed by atoms with Crippen molar-refractivity contribution >= 4 is 55.1 Å². The smallest absolute Gasteiger partial charge is 0.0947 e. The molecule has 0 aromatic carbocycles. The Morgan fingerprint density at radius 1 is 1.09 bits per heavy atom. The van der Waals surface area contributed by atoms with Crippen LogP contribution in [0.2, 0.25) is 0 Å². The number of rotatable bonds is 2. The summed E-state index contributed by atoms with van der Waals surface area (Å²) in [5.41, 5.74) is 0.118. The zero-order chi connectivity index (χ0) is 8.91. The molecule has 4 heteroatoms. The molecule has 1 fully saturated rings. The van der Waals surface area contributed by atoms with Gasteiger partial charge in [0.15, 0.2) is 0 Å². The molecule has 0 radical (unpaired) electrons. The lowest BCUT2D eigenvalue weighted by atomic mass is 10.0. The molecule has 0 unspecified atom stereocenters. The maximum atomic E-state index is 5.88. The maximum absolute atomic E-state index is 5.88. The Labute approximate surface area is 94.3 Å². The van der Waals surface area contributed by atoms with E-state index in [0.717, 1.165) is 0 Å². The van der Waals surface area contributed by atoms with Gasteiger partial charge in [-0.3, -0.25) is 0 Å². The Balaban J connectivity index is 2.93. The fraction of sp³-hybridized carbons (Fsp3) is 1.00. The van der Waals surface area contributed by atoms with Gasteiger partial charge in [-0.15, -0.1) is 23.2 Å². The van der Waals surface area contributed by atoms with Crippen LogP contribution in [-0.4, -0.2) is 15.0 Å². The van der Waals surface area contributed by atoms with E-state index in [1.165, 1.54) is 0 Å². The minimum absolute atomic E-state index is 0.0108. The summed E-state index contributed by atoms with van der Waals surface area (Å²) in [6, 6.07) is 0. The summed E-state index contributed by atoms with van der Waals surface area (Å²) >= 11 is 19.0. The maximum Gasteiger partial charge on any atom is 0.0947 e. The summed E-state index contributed by atoms with van der Waals surface area (Å²) in [6.07, 6.45) is 0. The van der Waals surface area contributed by atoms with Gasteiger partial charge in [-0.2, -0.15) is 0 Å². The molecule has 0 saturated heterocycles. The minimum atomic E-state index is -0.0799. The Hall–Kier alpha value is 1.54. The minimum Gasteiger partial charge on any atom is -0.126 e. The van der Waals surface area contributed by atoms with Gasteiger partial charge in [-0.1, -0.05) is 45.7 Å². The van der Waals surface area contributed by atoms with Crippen LogP contribution in [0, 0.1) is 10.8 Å². The van der Waals surface area contributed by atoms with Crippen molar-refractivity contribution in [1.29, 1.82) is 0 Å². The Morgan fingerprint density at radius 3 is 1.36 bits per heavy atom. The highest BCUT2D eigenvalue weighted by Gasteiger charge is 2.79. The molecule has 0 nitrogen and oxygen atoms in total. The number of halogens is 4. The summed E-state index contributed by atoms with van der Waals surface area (Å²) < 4.78 is -0.0799. The summed E-state index contributed by atoms with van der Waals surface area (Å²) in [6.45, 7) is 4.31. The molecule has 1 aliphatic rings. The fourth-order valence-electron chi connectivity index (χ4n) is 1.47. The van der Waals surface area contributed by atoms with Crippen LogP contribution in [0.4, 0.5) is 0 Å². The molecule has 11 heavy (non-hydrogen) atoms. The number of hydrogen-bond acceptors (Lipinski definition) is 0. The molecule has 0 bridgehead atoms. The van der Waals surface area contributed by atoms with Crippen molar-refractivity contribution in [2.75, 3.05) is 11.8 Å². The van der Waals surface area contributed by atoms with Crippen LogP contribution in [0.1, 0.15) is 13.8 Å². The van der Waals surface area contributed by atoms with E-state index in [2.05, 4.69) is 45.7 Å².